The third-order valence-corrected chi connectivity index (χ3v) is 6.48. The van der Waals surface area contributed by atoms with E-state index in [2.05, 4.69) is 27.4 Å². The first kappa shape index (κ1) is 31.3. The van der Waals surface area contributed by atoms with Gasteiger partial charge in [0.25, 0.3) is 0 Å². The number of phosphoric ester groups is 1. The van der Waals surface area contributed by atoms with Gasteiger partial charge in [0, 0.05) is 5.57 Å². The predicted molar refractivity (Wildman–Crippen MR) is 130 cm³/mol. The summed E-state index contributed by atoms with van der Waals surface area (Å²) in [7, 11) is -4.54. The van der Waals surface area contributed by atoms with Crippen LogP contribution < -0.4 is 0 Å². The fraction of sp³-hybridized carbons (Fsp3) is 0.875. The molecule has 0 aromatic heterocycles. The van der Waals surface area contributed by atoms with E-state index in [0.29, 0.717) is 31.3 Å². The maximum absolute atomic E-state index is 11.5. The molecule has 0 saturated carbocycles. The van der Waals surface area contributed by atoms with Crippen LogP contribution in [0.25, 0.3) is 0 Å². The van der Waals surface area contributed by atoms with Crippen LogP contribution in [0.4, 0.5) is 0 Å². The molecule has 0 spiro atoms. The zero-order chi connectivity index (χ0) is 24.5. The molecule has 1 atom stereocenters. The third kappa shape index (κ3) is 16.0. The molecule has 190 valence electrons. The van der Waals surface area contributed by atoms with Crippen molar-refractivity contribution in [1.82, 2.24) is 0 Å². The Balaban J connectivity index is 4.84. The summed E-state index contributed by atoms with van der Waals surface area (Å²) >= 11 is 0. The van der Waals surface area contributed by atoms with Crippen molar-refractivity contribution in [1.29, 1.82) is 0 Å². The number of nitrogens with zero attached hydrogens (tertiary/aromatic N) is 1. The lowest BCUT2D eigenvalue weighted by atomic mass is 10.1. The van der Waals surface area contributed by atoms with E-state index in [1.807, 2.05) is 0 Å². The molecule has 0 bridgehead atoms. The second-order valence-corrected chi connectivity index (χ2v) is 10.3. The van der Waals surface area contributed by atoms with E-state index in [1.54, 1.807) is 6.92 Å². The lowest BCUT2D eigenvalue weighted by Crippen LogP contribution is -2.51. The molecule has 0 heterocycles. The second-order valence-electron chi connectivity index (χ2n) is 9.07. The average molecular weight is 479 g/mol. The number of ether oxygens (including phenoxy) is 1. The average Bonchev–Trinajstić information content (AvgIpc) is 2.72. The minimum Gasteiger partial charge on any atom is -0.462 e. The molecule has 0 aliphatic rings. The van der Waals surface area contributed by atoms with Gasteiger partial charge in [-0.25, -0.2) is 9.36 Å². The molecule has 0 fully saturated rings. The van der Waals surface area contributed by atoms with Gasteiger partial charge in [0.05, 0.1) is 38.9 Å². The van der Waals surface area contributed by atoms with Crippen molar-refractivity contribution in [2.24, 2.45) is 0 Å². The lowest BCUT2D eigenvalue weighted by Gasteiger charge is -2.39. The molecule has 0 radical (unpaired) electrons. The zero-order valence-corrected chi connectivity index (χ0v) is 21.9. The van der Waals surface area contributed by atoms with Crippen molar-refractivity contribution in [3.05, 3.63) is 12.2 Å². The highest BCUT2D eigenvalue weighted by Gasteiger charge is 2.27. The molecule has 0 aliphatic heterocycles. The number of phosphoric acid groups is 1. The number of rotatable bonds is 21. The highest BCUT2D eigenvalue weighted by molar-refractivity contribution is 7.46. The minimum atomic E-state index is -4.54. The Morgan fingerprint density at radius 1 is 0.875 bits per heavy atom. The summed E-state index contributed by atoms with van der Waals surface area (Å²) in [5, 5.41) is 0. The summed E-state index contributed by atoms with van der Waals surface area (Å²) in [5.74, 6) is -0.409. The summed E-state index contributed by atoms with van der Waals surface area (Å²) in [5.41, 5.74) is 0.364. The standard InChI is InChI=1S/C24H48NO6P/c1-6-9-17-25(18-10-7-2,19-11-8-3)20-14-16-23(31-32(27,28)29)15-12-13-21-30-24(26)22(4)5/h23H,4,6-21H2,1-3,5H3,(H-,27,28,29)/p+1. The van der Waals surface area contributed by atoms with Crippen molar-refractivity contribution < 1.29 is 32.9 Å². The molecule has 0 aliphatic carbocycles. The number of carbonyl (C=O) groups excluding carboxylic acids is 1. The SMILES string of the molecule is C=C(C)C(=O)OCCCCC(CCC[N+](CCCC)(CCCC)CCCC)OP(=O)(O)O. The molecule has 32 heavy (non-hydrogen) atoms. The van der Waals surface area contributed by atoms with Gasteiger partial charge in [-0.15, -0.1) is 0 Å². The van der Waals surface area contributed by atoms with Gasteiger partial charge in [-0.2, -0.15) is 0 Å². The Kier molecular flexibility index (Phi) is 17.3. The Labute approximate surface area is 196 Å². The van der Waals surface area contributed by atoms with Crippen LogP contribution >= 0.6 is 7.82 Å². The summed E-state index contributed by atoms with van der Waals surface area (Å²) in [6, 6.07) is 0. The van der Waals surface area contributed by atoms with Crippen molar-refractivity contribution in [3.63, 3.8) is 0 Å². The van der Waals surface area contributed by atoms with Crippen LogP contribution in [-0.4, -0.2) is 59.1 Å². The molecule has 8 heteroatoms. The predicted octanol–water partition coefficient (Wildman–Crippen LogP) is 5.75. The first-order chi connectivity index (χ1) is 15.1. The van der Waals surface area contributed by atoms with Crippen LogP contribution in [0.5, 0.6) is 0 Å². The van der Waals surface area contributed by atoms with Gasteiger partial charge in [-0.1, -0.05) is 46.6 Å². The fourth-order valence-electron chi connectivity index (χ4n) is 4.01. The summed E-state index contributed by atoms with van der Waals surface area (Å²) in [6.07, 6.45) is 10.0. The van der Waals surface area contributed by atoms with Gasteiger partial charge in [0.15, 0.2) is 0 Å². The first-order valence-corrected chi connectivity index (χ1v) is 14.0. The molecule has 1 unspecified atom stereocenters. The highest BCUT2D eigenvalue weighted by atomic mass is 31.2. The normalized spacial score (nSPS) is 13.2. The molecule has 0 rings (SSSR count). The van der Waals surface area contributed by atoms with Gasteiger partial charge < -0.3 is 19.0 Å². The fourth-order valence-corrected chi connectivity index (χ4v) is 4.61. The largest absolute Gasteiger partial charge is 0.469 e. The van der Waals surface area contributed by atoms with E-state index in [9.17, 15) is 19.1 Å². The third-order valence-electron chi connectivity index (χ3n) is 5.91. The van der Waals surface area contributed by atoms with E-state index in [1.165, 1.54) is 58.2 Å². The lowest BCUT2D eigenvalue weighted by molar-refractivity contribution is -0.929. The molecule has 0 aromatic carbocycles. The summed E-state index contributed by atoms with van der Waals surface area (Å²) < 4.78 is 22.8. The van der Waals surface area contributed by atoms with Crippen LogP contribution in [0.2, 0.25) is 0 Å². The maximum atomic E-state index is 11.5. The highest BCUT2D eigenvalue weighted by Crippen LogP contribution is 2.39. The van der Waals surface area contributed by atoms with Crippen molar-refractivity contribution in [3.8, 4) is 0 Å². The Morgan fingerprint density at radius 2 is 1.34 bits per heavy atom. The number of quaternary nitrogens is 1. The Hall–Kier alpha value is -0.720. The zero-order valence-electron chi connectivity index (χ0n) is 21.0. The Bertz CT molecular complexity index is 541. The van der Waals surface area contributed by atoms with Crippen LogP contribution in [0, 0.1) is 0 Å². The number of hydrogen-bond donors (Lipinski definition) is 2. The smallest absolute Gasteiger partial charge is 0.462 e. The number of hydrogen-bond acceptors (Lipinski definition) is 4. The van der Waals surface area contributed by atoms with Crippen molar-refractivity contribution in [2.45, 2.75) is 104 Å². The van der Waals surface area contributed by atoms with Crippen LogP contribution in [0.3, 0.4) is 0 Å². The Morgan fingerprint density at radius 3 is 1.78 bits per heavy atom. The molecule has 0 saturated heterocycles. The van der Waals surface area contributed by atoms with Crippen LogP contribution in [0.15, 0.2) is 12.2 Å². The molecule has 0 aromatic rings. The van der Waals surface area contributed by atoms with Gasteiger partial charge in [0.1, 0.15) is 0 Å². The van der Waals surface area contributed by atoms with Gasteiger partial charge in [0.2, 0.25) is 0 Å². The quantitative estimate of drug-likeness (QED) is 0.0717. The molecular weight excluding hydrogens is 429 g/mol. The van der Waals surface area contributed by atoms with Crippen molar-refractivity contribution in [2.75, 3.05) is 32.8 Å². The number of carbonyl (C=O) groups is 1. The maximum Gasteiger partial charge on any atom is 0.469 e. The van der Waals surface area contributed by atoms with Crippen molar-refractivity contribution >= 4 is 13.8 Å². The van der Waals surface area contributed by atoms with E-state index >= 15 is 0 Å². The summed E-state index contributed by atoms with van der Waals surface area (Å²) in [6.45, 7) is 16.7. The molecule has 7 nitrogen and oxygen atoms in total. The molecule has 2 N–H and O–H groups in total. The second kappa shape index (κ2) is 17.7. The van der Waals surface area contributed by atoms with E-state index in [0.717, 1.165) is 17.4 Å². The molecule has 0 amide bonds. The van der Waals surface area contributed by atoms with Gasteiger partial charge in [-0.3, -0.25) is 4.52 Å². The van der Waals surface area contributed by atoms with Gasteiger partial charge in [-0.05, 0) is 58.3 Å². The number of esters is 1. The van der Waals surface area contributed by atoms with Crippen LogP contribution in [-0.2, 0) is 18.6 Å². The van der Waals surface area contributed by atoms with Crippen LogP contribution in [0.1, 0.15) is 98.3 Å². The van der Waals surface area contributed by atoms with Gasteiger partial charge >= 0.3 is 13.8 Å². The minimum absolute atomic E-state index is 0.277. The summed E-state index contributed by atoms with van der Waals surface area (Å²) in [4.78, 5) is 30.1. The first-order valence-electron chi connectivity index (χ1n) is 12.5. The monoisotopic (exact) mass is 478 g/mol. The van der Waals surface area contributed by atoms with E-state index in [4.69, 9.17) is 9.26 Å². The topological polar surface area (TPSA) is 93.1 Å². The number of unbranched alkanes of at least 4 members (excludes halogenated alkanes) is 4. The van der Waals surface area contributed by atoms with E-state index < -0.39 is 19.9 Å². The molecular formula is C24H49NO6P+. The van der Waals surface area contributed by atoms with E-state index in [-0.39, 0.29) is 6.61 Å².